The molecular formula is C18H25NO5. The smallest absolute Gasteiger partial charge is 0.305 e. The molecule has 1 heterocycles. The highest BCUT2D eigenvalue weighted by atomic mass is 16.5. The first-order valence-electron chi connectivity index (χ1n) is 8.15. The van der Waals surface area contributed by atoms with E-state index in [1.165, 1.54) is 0 Å². The van der Waals surface area contributed by atoms with Crippen LogP contribution in [0.1, 0.15) is 43.7 Å². The van der Waals surface area contributed by atoms with Gasteiger partial charge in [-0.15, -0.1) is 0 Å². The molecular weight excluding hydrogens is 310 g/mol. The average Bonchev–Trinajstić information content (AvgIpc) is 2.92. The zero-order valence-electron chi connectivity index (χ0n) is 14.4. The van der Waals surface area contributed by atoms with Crippen molar-refractivity contribution in [3.63, 3.8) is 0 Å². The second-order valence-corrected chi connectivity index (χ2v) is 6.69. The summed E-state index contributed by atoms with van der Waals surface area (Å²) in [5, 5.41) is 11.8. The molecule has 0 spiro atoms. The van der Waals surface area contributed by atoms with Crippen molar-refractivity contribution in [1.82, 2.24) is 5.32 Å². The third kappa shape index (κ3) is 4.71. The van der Waals surface area contributed by atoms with E-state index in [2.05, 4.69) is 19.2 Å². The van der Waals surface area contributed by atoms with Crippen molar-refractivity contribution in [2.75, 3.05) is 19.8 Å². The summed E-state index contributed by atoms with van der Waals surface area (Å²) < 4.78 is 11.0. The van der Waals surface area contributed by atoms with Crippen molar-refractivity contribution in [2.45, 2.75) is 45.1 Å². The van der Waals surface area contributed by atoms with Gasteiger partial charge < -0.3 is 19.9 Å². The summed E-state index contributed by atoms with van der Waals surface area (Å²) in [6, 6.07) is 5.93. The number of carbonyl (C=O) groups is 2. The van der Waals surface area contributed by atoms with Gasteiger partial charge in [-0.05, 0) is 36.5 Å². The van der Waals surface area contributed by atoms with Gasteiger partial charge in [-0.1, -0.05) is 26.0 Å². The molecule has 0 aromatic heterocycles. The number of hydrogen-bond acceptors (Lipinski definition) is 4. The van der Waals surface area contributed by atoms with Crippen molar-refractivity contribution in [2.24, 2.45) is 0 Å². The molecule has 1 unspecified atom stereocenters. The number of aryl methyl sites for hydroxylation is 1. The van der Waals surface area contributed by atoms with Gasteiger partial charge in [-0.25, -0.2) is 0 Å². The minimum atomic E-state index is -0.956. The molecule has 1 atom stereocenters. The van der Waals surface area contributed by atoms with Gasteiger partial charge in [-0.2, -0.15) is 0 Å². The Morgan fingerprint density at radius 3 is 2.75 bits per heavy atom. The number of carbonyl (C=O) groups excluding carboxylic acids is 1. The Bertz CT molecular complexity index is 605. The lowest BCUT2D eigenvalue weighted by Gasteiger charge is -2.27. The molecule has 1 aliphatic rings. The number of ether oxygens (including phenoxy) is 2. The standard InChI is InChI=1S/C18H25NO5/c1-12(2)14-5-4-13(3)8-15(14)24-10-16(20)19-18(9-17(21)22)6-7-23-11-18/h4-5,8,12H,6-7,9-11H2,1-3H3,(H,19,20)(H,21,22). The maximum absolute atomic E-state index is 12.2. The van der Waals surface area contributed by atoms with Crippen LogP contribution < -0.4 is 10.1 Å². The molecule has 6 nitrogen and oxygen atoms in total. The van der Waals surface area contributed by atoms with E-state index in [4.69, 9.17) is 14.6 Å². The Morgan fingerprint density at radius 1 is 1.42 bits per heavy atom. The summed E-state index contributed by atoms with van der Waals surface area (Å²) >= 11 is 0. The average molecular weight is 335 g/mol. The van der Waals surface area contributed by atoms with Gasteiger partial charge >= 0.3 is 5.97 Å². The monoisotopic (exact) mass is 335 g/mol. The first kappa shape index (κ1) is 18.3. The van der Waals surface area contributed by atoms with Gasteiger partial charge in [0.1, 0.15) is 5.75 Å². The number of benzene rings is 1. The molecule has 2 rings (SSSR count). The largest absolute Gasteiger partial charge is 0.483 e. The van der Waals surface area contributed by atoms with Crippen molar-refractivity contribution >= 4 is 11.9 Å². The van der Waals surface area contributed by atoms with Gasteiger partial charge in [-0.3, -0.25) is 9.59 Å². The van der Waals surface area contributed by atoms with E-state index in [-0.39, 0.29) is 31.5 Å². The molecule has 6 heteroatoms. The molecule has 1 amide bonds. The molecule has 0 bridgehead atoms. The molecule has 0 radical (unpaired) electrons. The zero-order valence-corrected chi connectivity index (χ0v) is 14.4. The second-order valence-electron chi connectivity index (χ2n) is 6.69. The van der Waals surface area contributed by atoms with E-state index in [0.717, 1.165) is 11.1 Å². The lowest BCUT2D eigenvalue weighted by atomic mass is 9.94. The van der Waals surface area contributed by atoms with Crippen LogP contribution in [-0.2, 0) is 14.3 Å². The minimum Gasteiger partial charge on any atom is -0.483 e. The Hall–Kier alpha value is -2.08. The molecule has 24 heavy (non-hydrogen) atoms. The Kier molecular flexibility index (Phi) is 5.83. The van der Waals surface area contributed by atoms with E-state index in [9.17, 15) is 9.59 Å². The number of rotatable bonds is 7. The van der Waals surface area contributed by atoms with E-state index in [1.807, 2.05) is 25.1 Å². The van der Waals surface area contributed by atoms with Gasteiger partial charge in [0.2, 0.25) is 0 Å². The fourth-order valence-corrected chi connectivity index (χ4v) is 2.90. The quantitative estimate of drug-likeness (QED) is 0.798. The highest BCUT2D eigenvalue weighted by Gasteiger charge is 2.38. The molecule has 0 saturated carbocycles. The maximum Gasteiger partial charge on any atom is 0.305 e. The third-order valence-electron chi connectivity index (χ3n) is 4.15. The summed E-state index contributed by atoms with van der Waals surface area (Å²) in [5.74, 6) is -0.319. The van der Waals surface area contributed by atoms with Gasteiger partial charge in [0, 0.05) is 6.61 Å². The number of carboxylic acid groups (broad SMARTS) is 1. The molecule has 132 valence electrons. The molecule has 1 aromatic rings. The maximum atomic E-state index is 12.2. The molecule has 2 N–H and O–H groups in total. The minimum absolute atomic E-state index is 0.148. The van der Waals surface area contributed by atoms with Gasteiger partial charge in [0.15, 0.2) is 6.61 Å². The lowest BCUT2D eigenvalue weighted by molar-refractivity contribution is -0.139. The van der Waals surface area contributed by atoms with Crippen LogP contribution in [0, 0.1) is 6.92 Å². The topological polar surface area (TPSA) is 84.9 Å². The fraction of sp³-hybridized carbons (Fsp3) is 0.556. The van der Waals surface area contributed by atoms with Crippen molar-refractivity contribution in [3.8, 4) is 5.75 Å². The summed E-state index contributed by atoms with van der Waals surface area (Å²) in [6.45, 7) is 6.61. The first-order chi connectivity index (χ1) is 11.3. The number of carboxylic acids is 1. The van der Waals surface area contributed by atoms with Crippen molar-refractivity contribution < 1.29 is 24.2 Å². The third-order valence-corrected chi connectivity index (χ3v) is 4.15. The van der Waals surface area contributed by atoms with Crippen LogP contribution in [0.3, 0.4) is 0 Å². The SMILES string of the molecule is Cc1ccc(C(C)C)c(OCC(=O)NC2(CC(=O)O)CCOC2)c1. The van der Waals surface area contributed by atoms with Crippen LogP contribution >= 0.6 is 0 Å². The summed E-state index contributed by atoms with van der Waals surface area (Å²) in [4.78, 5) is 23.3. The van der Waals surface area contributed by atoms with E-state index in [1.54, 1.807) is 0 Å². The fourth-order valence-electron chi connectivity index (χ4n) is 2.90. The van der Waals surface area contributed by atoms with Crippen LogP contribution in [0.15, 0.2) is 18.2 Å². The van der Waals surface area contributed by atoms with Crippen molar-refractivity contribution in [3.05, 3.63) is 29.3 Å². The van der Waals surface area contributed by atoms with Gasteiger partial charge in [0.05, 0.1) is 18.6 Å². The number of nitrogens with one attached hydrogen (secondary N) is 1. The van der Waals surface area contributed by atoms with Crippen LogP contribution in [0.25, 0.3) is 0 Å². The second kappa shape index (κ2) is 7.66. The Balaban J connectivity index is 2.00. The number of amides is 1. The van der Waals surface area contributed by atoms with E-state index < -0.39 is 11.5 Å². The molecule has 1 aliphatic heterocycles. The molecule has 1 fully saturated rings. The molecule has 0 aliphatic carbocycles. The van der Waals surface area contributed by atoms with E-state index >= 15 is 0 Å². The van der Waals surface area contributed by atoms with Gasteiger partial charge in [0.25, 0.3) is 5.91 Å². The van der Waals surface area contributed by atoms with E-state index in [0.29, 0.717) is 18.8 Å². The predicted molar refractivity (Wildman–Crippen MR) is 89.3 cm³/mol. The predicted octanol–water partition coefficient (Wildman–Crippen LogP) is 2.25. The lowest BCUT2D eigenvalue weighted by Crippen LogP contribution is -2.51. The Labute approximate surface area is 142 Å². The highest BCUT2D eigenvalue weighted by molar-refractivity contribution is 5.79. The normalized spacial score (nSPS) is 20.2. The van der Waals surface area contributed by atoms with Crippen molar-refractivity contribution in [1.29, 1.82) is 0 Å². The highest BCUT2D eigenvalue weighted by Crippen LogP contribution is 2.27. The molecule has 1 saturated heterocycles. The number of hydrogen-bond donors (Lipinski definition) is 2. The first-order valence-corrected chi connectivity index (χ1v) is 8.15. The summed E-state index contributed by atoms with van der Waals surface area (Å²) in [5.41, 5.74) is 1.26. The van der Waals surface area contributed by atoms with Crippen LogP contribution in [0.2, 0.25) is 0 Å². The van der Waals surface area contributed by atoms with Crippen LogP contribution in [0.4, 0.5) is 0 Å². The number of aliphatic carboxylic acids is 1. The molecule has 1 aromatic carbocycles. The Morgan fingerprint density at radius 2 is 2.17 bits per heavy atom. The summed E-state index contributed by atoms with van der Waals surface area (Å²) in [7, 11) is 0. The van der Waals surface area contributed by atoms with Crippen LogP contribution in [-0.4, -0.2) is 42.3 Å². The zero-order chi connectivity index (χ0) is 17.7. The summed E-state index contributed by atoms with van der Waals surface area (Å²) in [6.07, 6.45) is 0.340. The van der Waals surface area contributed by atoms with Crippen LogP contribution in [0.5, 0.6) is 5.75 Å².